The summed E-state index contributed by atoms with van der Waals surface area (Å²) in [6.45, 7) is 0. The van der Waals surface area contributed by atoms with E-state index in [-0.39, 0.29) is 4.90 Å². The molecule has 0 spiro atoms. The zero-order valence-corrected chi connectivity index (χ0v) is 6.58. The van der Waals surface area contributed by atoms with E-state index in [1.807, 2.05) is 0 Å². The predicted molar refractivity (Wildman–Crippen MR) is 39.8 cm³/mol. The molecule has 1 aromatic carbocycles. The van der Waals surface area contributed by atoms with Crippen molar-refractivity contribution in [3.05, 3.63) is 23.8 Å². The van der Waals surface area contributed by atoms with Crippen LogP contribution in [0, 0.1) is 11.6 Å². The number of hydrogen-bond acceptors (Lipinski definition) is 2. The van der Waals surface area contributed by atoms with Gasteiger partial charge in [0.25, 0.3) is 0 Å². The number of rotatable bonds is 1. The molecule has 0 unspecified atom stereocenters. The summed E-state index contributed by atoms with van der Waals surface area (Å²) in [6, 6.07) is 1.88. The van der Waals surface area contributed by atoms with Crippen LogP contribution >= 0.6 is 11.8 Å². The molecular weight excluding hydrogens is 170 g/mol. The molecule has 0 aliphatic heterocycles. The lowest BCUT2D eigenvalue weighted by Crippen LogP contribution is -1.84. The maximum absolute atomic E-state index is 12.7. The highest BCUT2D eigenvalue weighted by Gasteiger charge is 2.10. The van der Waals surface area contributed by atoms with Crippen LogP contribution in [-0.4, -0.2) is 11.4 Å². The number of phenols is 1. The quantitative estimate of drug-likeness (QED) is 0.663. The molecule has 4 heteroatoms. The summed E-state index contributed by atoms with van der Waals surface area (Å²) in [4.78, 5) is -0.0509. The molecule has 1 rings (SSSR count). The normalized spacial score (nSPS) is 10.1. The fraction of sp³-hybridized carbons (Fsp3) is 0.143. The maximum Gasteiger partial charge on any atom is 0.168 e. The third kappa shape index (κ3) is 1.45. The van der Waals surface area contributed by atoms with Gasteiger partial charge >= 0.3 is 0 Å². The van der Waals surface area contributed by atoms with Crippen LogP contribution in [-0.2, 0) is 0 Å². The van der Waals surface area contributed by atoms with Gasteiger partial charge in [-0.05, 0) is 18.4 Å². The van der Waals surface area contributed by atoms with E-state index in [1.165, 1.54) is 0 Å². The first-order valence-electron chi connectivity index (χ1n) is 2.87. The van der Waals surface area contributed by atoms with Crippen LogP contribution in [0.25, 0.3) is 0 Å². The van der Waals surface area contributed by atoms with Crippen LogP contribution in [0.2, 0.25) is 0 Å². The van der Waals surface area contributed by atoms with E-state index in [9.17, 15) is 8.78 Å². The summed E-state index contributed by atoms with van der Waals surface area (Å²) in [6.07, 6.45) is 1.57. The van der Waals surface area contributed by atoms with Crippen molar-refractivity contribution in [2.45, 2.75) is 4.90 Å². The second-order valence-corrected chi connectivity index (χ2v) is 2.73. The molecule has 60 valence electrons. The first-order chi connectivity index (χ1) is 5.16. The Kier molecular flexibility index (Phi) is 2.34. The average Bonchev–Trinajstić information content (AvgIpc) is 1.99. The smallest absolute Gasteiger partial charge is 0.168 e. The largest absolute Gasteiger partial charge is 0.504 e. The van der Waals surface area contributed by atoms with Crippen molar-refractivity contribution in [1.29, 1.82) is 0 Å². The SMILES string of the molecule is CSc1c(F)ccc(F)c1O. The van der Waals surface area contributed by atoms with Gasteiger partial charge in [0.05, 0.1) is 4.90 Å². The van der Waals surface area contributed by atoms with Gasteiger partial charge in [0.1, 0.15) is 5.82 Å². The van der Waals surface area contributed by atoms with Gasteiger partial charge in [-0.25, -0.2) is 8.78 Å². The minimum atomic E-state index is -0.796. The van der Waals surface area contributed by atoms with E-state index in [0.29, 0.717) is 0 Å². The lowest BCUT2D eigenvalue weighted by molar-refractivity contribution is 0.409. The van der Waals surface area contributed by atoms with E-state index < -0.39 is 17.4 Å². The number of thioether (sulfide) groups is 1. The second kappa shape index (κ2) is 3.09. The standard InChI is InChI=1S/C7H6F2OS/c1-11-7-5(9)3-2-4(8)6(7)10/h2-3,10H,1H3. The summed E-state index contributed by atoms with van der Waals surface area (Å²) in [5, 5.41) is 8.94. The van der Waals surface area contributed by atoms with Crippen LogP contribution in [0.1, 0.15) is 0 Å². The van der Waals surface area contributed by atoms with E-state index in [4.69, 9.17) is 5.11 Å². The molecule has 1 nitrogen and oxygen atoms in total. The molecule has 0 aliphatic carbocycles. The Labute approximate surface area is 67.0 Å². The molecule has 0 radical (unpaired) electrons. The molecule has 0 atom stereocenters. The summed E-state index contributed by atoms with van der Waals surface area (Å²) in [5.41, 5.74) is 0. The van der Waals surface area contributed by atoms with Gasteiger partial charge in [-0.2, -0.15) is 0 Å². The fourth-order valence-electron chi connectivity index (χ4n) is 0.717. The molecule has 11 heavy (non-hydrogen) atoms. The Bertz CT molecular complexity index is 275. The molecule has 1 N–H and O–H groups in total. The minimum absolute atomic E-state index is 0.0509. The average molecular weight is 176 g/mol. The van der Waals surface area contributed by atoms with E-state index in [1.54, 1.807) is 6.26 Å². The Balaban J connectivity index is 3.29. The Morgan fingerprint density at radius 2 is 1.82 bits per heavy atom. The van der Waals surface area contributed by atoms with Crippen LogP contribution < -0.4 is 0 Å². The summed E-state index contributed by atoms with van der Waals surface area (Å²) < 4.78 is 25.2. The molecule has 0 saturated heterocycles. The van der Waals surface area contributed by atoms with Crippen molar-refractivity contribution >= 4 is 11.8 Å². The molecule has 0 heterocycles. The lowest BCUT2D eigenvalue weighted by atomic mass is 10.3. The number of aromatic hydroxyl groups is 1. The number of halogens is 2. The van der Waals surface area contributed by atoms with E-state index in [0.717, 1.165) is 23.9 Å². The maximum atomic E-state index is 12.7. The first kappa shape index (κ1) is 8.33. The minimum Gasteiger partial charge on any atom is -0.504 e. The van der Waals surface area contributed by atoms with E-state index >= 15 is 0 Å². The van der Waals surface area contributed by atoms with Gasteiger partial charge < -0.3 is 5.11 Å². The van der Waals surface area contributed by atoms with Crippen molar-refractivity contribution < 1.29 is 13.9 Å². The summed E-state index contributed by atoms with van der Waals surface area (Å²) in [7, 11) is 0. The molecule has 1 aromatic rings. The van der Waals surface area contributed by atoms with Crippen LogP contribution in [0.4, 0.5) is 8.78 Å². The van der Waals surface area contributed by atoms with Gasteiger partial charge in [0.2, 0.25) is 0 Å². The Hall–Kier alpha value is -0.770. The second-order valence-electron chi connectivity index (χ2n) is 1.91. The van der Waals surface area contributed by atoms with E-state index in [2.05, 4.69) is 0 Å². The van der Waals surface area contributed by atoms with Crippen molar-refractivity contribution in [3.8, 4) is 5.75 Å². The third-order valence-electron chi connectivity index (χ3n) is 1.24. The van der Waals surface area contributed by atoms with Crippen molar-refractivity contribution in [3.63, 3.8) is 0 Å². The van der Waals surface area contributed by atoms with Crippen LogP contribution in [0.3, 0.4) is 0 Å². The highest BCUT2D eigenvalue weighted by molar-refractivity contribution is 7.98. The highest BCUT2D eigenvalue weighted by atomic mass is 32.2. The topological polar surface area (TPSA) is 20.2 Å². The zero-order chi connectivity index (χ0) is 8.43. The Morgan fingerprint density at radius 1 is 1.27 bits per heavy atom. The molecule has 0 fully saturated rings. The van der Waals surface area contributed by atoms with Gasteiger partial charge in [-0.1, -0.05) is 0 Å². The highest BCUT2D eigenvalue weighted by Crippen LogP contribution is 2.31. The molecular formula is C7H6F2OS. The first-order valence-corrected chi connectivity index (χ1v) is 4.10. The molecule has 0 saturated carbocycles. The van der Waals surface area contributed by atoms with Crippen molar-refractivity contribution in [1.82, 2.24) is 0 Å². The van der Waals surface area contributed by atoms with Crippen molar-refractivity contribution in [2.75, 3.05) is 6.26 Å². The number of benzene rings is 1. The molecule has 0 aromatic heterocycles. The van der Waals surface area contributed by atoms with Gasteiger partial charge in [0.15, 0.2) is 11.6 Å². The number of hydrogen-bond donors (Lipinski definition) is 1. The lowest BCUT2D eigenvalue weighted by Gasteiger charge is -2.01. The van der Waals surface area contributed by atoms with Crippen LogP contribution in [0.5, 0.6) is 5.75 Å². The summed E-state index contributed by atoms with van der Waals surface area (Å²) >= 11 is 0.971. The molecule has 0 bridgehead atoms. The molecule has 0 aliphatic rings. The monoisotopic (exact) mass is 176 g/mol. The number of phenolic OH excluding ortho intramolecular Hbond substituents is 1. The summed E-state index contributed by atoms with van der Waals surface area (Å²) in [5.74, 6) is -2.01. The van der Waals surface area contributed by atoms with Crippen molar-refractivity contribution in [2.24, 2.45) is 0 Å². The zero-order valence-electron chi connectivity index (χ0n) is 5.77. The van der Waals surface area contributed by atoms with Gasteiger partial charge in [-0.3, -0.25) is 0 Å². The Morgan fingerprint density at radius 3 is 2.27 bits per heavy atom. The fourth-order valence-corrected chi connectivity index (χ4v) is 1.27. The molecule has 0 amide bonds. The predicted octanol–water partition coefficient (Wildman–Crippen LogP) is 2.39. The van der Waals surface area contributed by atoms with Gasteiger partial charge in [0, 0.05) is 0 Å². The third-order valence-corrected chi connectivity index (χ3v) is 2.03. The van der Waals surface area contributed by atoms with Crippen LogP contribution in [0.15, 0.2) is 17.0 Å². The van der Waals surface area contributed by atoms with Gasteiger partial charge in [-0.15, -0.1) is 11.8 Å².